The number of benzene rings is 1. The normalized spacial score (nSPS) is 18.2. The van der Waals surface area contributed by atoms with Crippen molar-refractivity contribution in [3.63, 3.8) is 0 Å². The number of aryl methyl sites for hydroxylation is 1. The molecule has 1 fully saturated rings. The zero-order valence-corrected chi connectivity index (χ0v) is 20.6. The molecule has 1 amide bonds. The molecule has 1 aliphatic rings. The summed E-state index contributed by atoms with van der Waals surface area (Å²) in [7, 11) is 0. The molecule has 4 rings (SSSR count). The summed E-state index contributed by atoms with van der Waals surface area (Å²) in [6.07, 6.45) is 4.27. The largest absolute Gasteiger partial charge is 0.444 e. The second-order valence-corrected chi connectivity index (χ2v) is 10.0. The average molecular weight is 503 g/mol. The number of nitrogens with two attached hydrogens (primary N) is 1. The maximum Gasteiger partial charge on any atom is 0.407 e. The van der Waals surface area contributed by atoms with Crippen molar-refractivity contribution in [1.82, 2.24) is 20.3 Å². The van der Waals surface area contributed by atoms with E-state index in [-0.39, 0.29) is 23.3 Å². The number of fused-ring (bicyclic) bond motifs is 1. The van der Waals surface area contributed by atoms with E-state index >= 15 is 0 Å². The first-order chi connectivity index (χ1) is 16.9. The number of amides is 1. The molecular weight excluding hydrogens is 473 g/mol. The number of rotatable bonds is 4. The summed E-state index contributed by atoms with van der Waals surface area (Å²) in [5.74, 6) is -3.36. The molecule has 192 valence electrons. The minimum Gasteiger partial charge on any atom is -0.444 e. The van der Waals surface area contributed by atoms with Crippen LogP contribution in [0.15, 0.2) is 18.3 Å². The fraction of sp³-hybridized carbons (Fsp3) is 0.440. The molecule has 2 aromatic heterocycles. The van der Waals surface area contributed by atoms with Gasteiger partial charge in [-0.3, -0.25) is 0 Å². The summed E-state index contributed by atoms with van der Waals surface area (Å²) >= 11 is 0. The Hall–Kier alpha value is -3.63. The van der Waals surface area contributed by atoms with Crippen LogP contribution in [0.5, 0.6) is 0 Å². The van der Waals surface area contributed by atoms with Gasteiger partial charge in [0, 0.05) is 17.6 Å². The summed E-state index contributed by atoms with van der Waals surface area (Å²) < 4.78 is 47.6. The molecule has 0 saturated heterocycles. The lowest BCUT2D eigenvalue weighted by Gasteiger charge is -2.30. The smallest absolute Gasteiger partial charge is 0.407 e. The Morgan fingerprint density at radius 1 is 1.06 bits per heavy atom. The van der Waals surface area contributed by atoms with Crippen LogP contribution in [0, 0.1) is 24.4 Å². The number of halogens is 3. The maximum absolute atomic E-state index is 14.4. The van der Waals surface area contributed by atoms with Gasteiger partial charge >= 0.3 is 6.09 Å². The van der Waals surface area contributed by atoms with Gasteiger partial charge in [0.25, 0.3) is 0 Å². The highest BCUT2D eigenvalue weighted by Gasteiger charge is 2.25. The number of nitrogens with one attached hydrogen (secondary N) is 2. The van der Waals surface area contributed by atoms with Gasteiger partial charge in [0.15, 0.2) is 11.6 Å². The fourth-order valence-corrected chi connectivity index (χ4v) is 4.22. The zero-order chi connectivity index (χ0) is 26.2. The monoisotopic (exact) mass is 502 g/mol. The summed E-state index contributed by atoms with van der Waals surface area (Å²) in [6, 6.07) is 2.51. The second-order valence-electron chi connectivity index (χ2n) is 10.0. The highest BCUT2D eigenvalue weighted by molar-refractivity contribution is 5.82. The van der Waals surface area contributed by atoms with Gasteiger partial charge in [-0.15, -0.1) is 0 Å². The van der Waals surface area contributed by atoms with Gasteiger partial charge in [-0.05, 0) is 71.1 Å². The third-order valence-electron chi connectivity index (χ3n) is 5.99. The number of carbonyl (C=O) groups is 1. The van der Waals surface area contributed by atoms with Gasteiger partial charge in [-0.1, -0.05) is 0 Å². The Morgan fingerprint density at radius 3 is 2.39 bits per heavy atom. The number of anilines is 2. The molecule has 3 aromatic rings. The first-order valence-electron chi connectivity index (χ1n) is 11.7. The van der Waals surface area contributed by atoms with Crippen LogP contribution in [-0.2, 0) is 4.74 Å². The SMILES string of the molecule is Cc1cc(-c2cc(F)c(N)c(F)c2F)nc2cnc(NC3CCC(NC(=O)OC(C)(C)C)CC3)nc12. The Kier molecular flexibility index (Phi) is 6.92. The highest BCUT2D eigenvalue weighted by Crippen LogP contribution is 2.31. The van der Waals surface area contributed by atoms with Crippen molar-refractivity contribution in [1.29, 1.82) is 0 Å². The van der Waals surface area contributed by atoms with Gasteiger partial charge in [-0.25, -0.2) is 32.9 Å². The molecule has 1 saturated carbocycles. The van der Waals surface area contributed by atoms with Crippen LogP contribution in [0.25, 0.3) is 22.3 Å². The zero-order valence-electron chi connectivity index (χ0n) is 20.6. The molecule has 1 aliphatic carbocycles. The summed E-state index contributed by atoms with van der Waals surface area (Å²) in [5, 5.41) is 6.24. The van der Waals surface area contributed by atoms with Gasteiger partial charge in [-0.2, -0.15) is 0 Å². The van der Waals surface area contributed by atoms with Crippen molar-refractivity contribution < 1.29 is 22.7 Å². The molecule has 0 radical (unpaired) electrons. The van der Waals surface area contributed by atoms with Crippen LogP contribution in [0.1, 0.15) is 52.0 Å². The number of nitrogens with zero attached hydrogens (tertiary/aromatic N) is 3. The third-order valence-corrected chi connectivity index (χ3v) is 5.99. The van der Waals surface area contributed by atoms with Crippen LogP contribution in [-0.4, -0.2) is 38.7 Å². The van der Waals surface area contributed by atoms with Gasteiger partial charge in [0.05, 0.1) is 17.4 Å². The van der Waals surface area contributed by atoms with Crippen molar-refractivity contribution in [2.45, 2.75) is 71.1 Å². The van der Waals surface area contributed by atoms with E-state index in [1.165, 1.54) is 12.3 Å². The lowest BCUT2D eigenvalue weighted by molar-refractivity contribution is 0.0492. The predicted octanol–water partition coefficient (Wildman–Crippen LogP) is 5.25. The summed E-state index contributed by atoms with van der Waals surface area (Å²) in [6.45, 7) is 7.22. The van der Waals surface area contributed by atoms with E-state index < -0.39 is 34.8 Å². The molecular formula is C25H29F3N6O2. The third kappa shape index (κ3) is 5.60. The molecule has 2 heterocycles. The van der Waals surface area contributed by atoms with Crippen LogP contribution in [0.2, 0.25) is 0 Å². The highest BCUT2D eigenvalue weighted by atomic mass is 19.2. The van der Waals surface area contributed by atoms with E-state index in [9.17, 15) is 18.0 Å². The molecule has 4 N–H and O–H groups in total. The van der Waals surface area contributed by atoms with Crippen molar-refractivity contribution in [3.8, 4) is 11.3 Å². The number of hydrogen-bond acceptors (Lipinski definition) is 7. The quantitative estimate of drug-likeness (QED) is 0.330. The van der Waals surface area contributed by atoms with Crippen molar-refractivity contribution in [2.75, 3.05) is 11.1 Å². The number of aromatic nitrogens is 3. The molecule has 8 nitrogen and oxygen atoms in total. The standard InChI is InChI=1S/C25H29F3N6O2/c1-12-9-17(15-10-16(26)21(29)20(28)19(15)27)33-18-11-30-23(34-22(12)18)31-13-5-7-14(8-6-13)32-24(35)36-25(2,3)4/h9-11,13-14H,5-8,29H2,1-4H3,(H,32,35)(H,30,31,34). The van der Waals surface area contributed by atoms with Gasteiger partial charge in [0.1, 0.15) is 22.6 Å². The van der Waals surface area contributed by atoms with Crippen LogP contribution in [0.3, 0.4) is 0 Å². The Bertz CT molecular complexity index is 1300. The number of ether oxygens (including phenoxy) is 1. The fourth-order valence-electron chi connectivity index (χ4n) is 4.22. The maximum atomic E-state index is 14.4. The number of nitrogen functional groups attached to an aromatic ring is 1. The molecule has 36 heavy (non-hydrogen) atoms. The van der Waals surface area contributed by atoms with Crippen molar-refractivity contribution >= 4 is 28.8 Å². The first kappa shape index (κ1) is 25.5. The molecule has 0 atom stereocenters. The number of pyridine rings is 1. The molecule has 0 spiro atoms. The van der Waals surface area contributed by atoms with E-state index in [0.717, 1.165) is 31.7 Å². The second kappa shape index (κ2) is 9.79. The van der Waals surface area contributed by atoms with Crippen LogP contribution < -0.4 is 16.4 Å². The number of hydrogen-bond donors (Lipinski definition) is 3. The summed E-state index contributed by atoms with van der Waals surface area (Å²) in [5.41, 5.74) is 5.07. The Labute approximate surface area is 206 Å². The lowest BCUT2D eigenvalue weighted by atomic mass is 9.91. The molecule has 11 heteroatoms. The minimum atomic E-state index is -1.45. The van der Waals surface area contributed by atoms with Crippen LogP contribution in [0.4, 0.5) is 29.6 Å². The van der Waals surface area contributed by atoms with Crippen LogP contribution >= 0.6 is 0 Å². The molecule has 0 bridgehead atoms. The first-order valence-corrected chi connectivity index (χ1v) is 11.7. The lowest BCUT2D eigenvalue weighted by Crippen LogP contribution is -2.42. The van der Waals surface area contributed by atoms with Crippen molar-refractivity contribution in [3.05, 3.63) is 41.3 Å². The minimum absolute atomic E-state index is 0.0451. The Balaban J connectivity index is 1.45. The van der Waals surface area contributed by atoms with E-state index in [1.807, 2.05) is 20.8 Å². The molecule has 1 aromatic carbocycles. The number of alkyl carbamates (subject to hydrolysis) is 1. The topological polar surface area (TPSA) is 115 Å². The summed E-state index contributed by atoms with van der Waals surface area (Å²) in [4.78, 5) is 25.2. The predicted molar refractivity (Wildman–Crippen MR) is 131 cm³/mol. The Morgan fingerprint density at radius 2 is 1.72 bits per heavy atom. The number of carbonyl (C=O) groups excluding carboxylic acids is 1. The van der Waals surface area contributed by atoms with E-state index in [0.29, 0.717) is 22.5 Å². The van der Waals surface area contributed by atoms with Gasteiger partial charge in [0.2, 0.25) is 5.95 Å². The van der Waals surface area contributed by atoms with Gasteiger partial charge < -0.3 is 21.1 Å². The molecule has 0 aliphatic heterocycles. The van der Waals surface area contributed by atoms with E-state index in [1.54, 1.807) is 6.92 Å². The van der Waals surface area contributed by atoms with Crippen molar-refractivity contribution in [2.24, 2.45) is 0 Å². The molecule has 0 unspecified atom stereocenters. The van der Waals surface area contributed by atoms with E-state index in [2.05, 4.69) is 25.6 Å². The van der Waals surface area contributed by atoms with E-state index in [4.69, 9.17) is 10.5 Å². The average Bonchev–Trinajstić information content (AvgIpc) is 2.80.